The number of methoxy groups -OCH3 is 1. The number of fused-ring (bicyclic) bond motifs is 3. The molecule has 2 atom stereocenters. The molecule has 2 heterocycles. The monoisotopic (exact) mass is 482 g/mol. The smallest absolute Gasteiger partial charge is 0.126 e. The maximum atomic E-state index is 15.1. The number of nitrogens with zero attached hydrogens (tertiary/aromatic N) is 1. The Morgan fingerprint density at radius 2 is 1.97 bits per heavy atom. The molecule has 0 spiro atoms. The number of aromatic nitrogens is 1. The van der Waals surface area contributed by atoms with Crippen LogP contribution in [0.3, 0.4) is 0 Å². The standard InChI is InChI=1S/C28H36F2N4O/c1-19-16-23-21-6-3-4-7-24(21)33-26(23)27(34(19)18-28(30)10-11-28)22-9-8-20(17-25(22)35-2)32-15-14-31-13-5-12-29/h3-4,6-9,17,19,27,31-33H,5,10-16,18H2,1-2H3/t19-,27?/m1/s1. The summed E-state index contributed by atoms with van der Waals surface area (Å²) in [4.78, 5) is 6.00. The summed E-state index contributed by atoms with van der Waals surface area (Å²) >= 11 is 0. The van der Waals surface area contributed by atoms with E-state index in [0.717, 1.165) is 47.7 Å². The van der Waals surface area contributed by atoms with Crippen LogP contribution in [0.5, 0.6) is 5.75 Å². The Kier molecular flexibility index (Phi) is 6.98. The third-order valence-electron chi connectivity index (χ3n) is 7.42. The predicted molar refractivity (Wildman–Crippen MR) is 138 cm³/mol. The van der Waals surface area contributed by atoms with E-state index in [0.29, 0.717) is 32.4 Å². The van der Waals surface area contributed by atoms with E-state index in [9.17, 15) is 4.39 Å². The number of ether oxygens (including phenoxy) is 1. The number of hydrogen-bond donors (Lipinski definition) is 3. The Hall–Kier alpha value is -2.64. The molecule has 2 aliphatic rings. The summed E-state index contributed by atoms with van der Waals surface area (Å²) in [6, 6.07) is 14.7. The molecule has 3 N–H and O–H groups in total. The first-order valence-electron chi connectivity index (χ1n) is 12.8. The van der Waals surface area contributed by atoms with Crippen LogP contribution in [0.25, 0.3) is 10.9 Å². The quantitative estimate of drug-likeness (QED) is 0.322. The van der Waals surface area contributed by atoms with Gasteiger partial charge >= 0.3 is 0 Å². The molecule has 1 fully saturated rings. The number of H-pyrrole nitrogens is 1. The van der Waals surface area contributed by atoms with Gasteiger partial charge in [0, 0.05) is 59.6 Å². The number of rotatable bonds is 11. The zero-order valence-corrected chi connectivity index (χ0v) is 20.7. The largest absolute Gasteiger partial charge is 0.496 e. The SMILES string of the molecule is COc1cc(NCCNCCCF)ccc1C1c2[nH]c3ccccc3c2C[C@@H](C)N1CC1(F)CC1. The van der Waals surface area contributed by atoms with Gasteiger partial charge in [0.15, 0.2) is 0 Å². The van der Waals surface area contributed by atoms with Crippen LogP contribution in [-0.4, -0.2) is 61.6 Å². The van der Waals surface area contributed by atoms with Crippen molar-refractivity contribution in [3.05, 3.63) is 59.3 Å². The molecular weight excluding hydrogens is 446 g/mol. The maximum Gasteiger partial charge on any atom is 0.126 e. The van der Waals surface area contributed by atoms with E-state index in [1.807, 2.05) is 6.07 Å². The normalized spacial score (nSPS) is 21.1. The molecule has 2 aromatic carbocycles. The molecule has 188 valence electrons. The van der Waals surface area contributed by atoms with Gasteiger partial charge in [-0.2, -0.15) is 0 Å². The zero-order chi connectivity index (χ0) is 24.4. The van der Waals surface area contributed by atoms with Gasteiger partial charge in [-0.3, -0.25) is 9.29 Å². The number of para-hydroxylation sites is 1. The highest BCUT2D eigenvalue weighted by atomic mass is 19.1. The van der Waals surface area contributed by atoms with Crippen molar-refractivity contribution < 1.29 is 13.5 Å². The van der Waals surface area contributed by atoms with Gasteiger partial charge in [0.05, 0.1) is 19.8 Å². The summed E-state index contributed by atoms with van der Waals surface area (Å²) < 4.78 is 33.2. The van der Waals surface area contributed by atoms with Gasteiger partial charge in [-0.15, -0.1) is 0 Å². The van der Waals surface area contributed by atoms with Gasteiger partial charge in [0.1, 0.15) is 11.4 Å². The zero-order valence-electron chi connectivity index (χ0n) is 20.7. The summed E-state index contributed by atoms with van der Waals surface area (Å²) in [7, 11) is 1.70. The molecule has 5 nitrogen and oxygen atoms in total. The van der Waals surface area contributed by atoms with Crippen LogP contribution in [-0.2, 0) is 6.42 Å². The number of nitrogens with one attached hydrogen (secondary N) is 3. The molecule has 1 aromatic heterocycles. The summed E-state index contributed by atoms with van der Waals surface area (Å²) in [6.07, 6.45) is 2.71. The minimum atomic E-state index is -1.08. The predicted octanol–water partition coefficient (Wildman–Crippen LogP) is 5.38. The topological polar surface area (TPSA) is 52.3 Å². The molecule has 1 unspecified atom stereocenters. The number of anilines is 1. The van der Waals surface area contributed by atoms with E-state index in [1.54, 1.807) is 7.11 Å². The lowest BCUT2D eigenvalue weighted by Gasteiger charge is -2.42. The molecule has 1 aliphatic heterocycles. The summed E-state index contributed by atoms with van der Waals surface area (Å²) in [5, 5.41) is 7.90. The molecule has 0 bridgehead atoms. The minimum absolute atomic E-state index is 0.110. The number of aromatic amines is 1. The van der Waals surface area contributed by atoms with Crippen molar-refractivity contribution in [1.29, 1.82) is 0 Å². The van der Waals surface area contributed by atoms with Crippen molar-refractivity contribution in [2.24, 2.45) is 0 Å². The average Bonchev–Trinajstić information content (AvgIpc) is 3.49. The lowest BCUT2D eigenvalue weighted by atomic mass is 9.87. The average molecular weight is 483 g/mol. The van der Waals surface area contributed by atoms with E-state index < -0.39 is 5.67 Å². The van der Waals surface area contributed by atoms with Crippen LogP contribution in [0.4, 0.5) is 14.5 Å². The lowest BCUT2D eigenvalue weighted by Crippen LogP contribution is -2.46. The highest BCUT2D eigenvalue weighted by Crippen LogP contribution is 2.48. The van der Waals surface area contributed by atoms with Gasteiger partial charge < -0.3 is 20.4 Å². The maximum absolute atomic E-state index is 15.1. The van der Waals surface area contributed by atoms with E-state index >= 15 is 4.39 Å². The van der Waals surface area contributed by atoms with Crippen LogP contribution < -0.4 is 15.4 Å². The van der Waals surface area contributed by atoms with Crippen LogP contribution in [0.2, 0.25) is 0 Å². The Morgan fingerprint density at radius 3 is 2.74 bits per heavy atom. The summed E-state index contributed by atoms with van der Waals surface area (Å²) in [5.41, 5.74) is 4.51. The van der Waals surface area contributed by atoms with Crippen molar-refractivity contribution >= 4 is 16.6 Å². The Balaban J connectivity index is 1.46. The second kappa shape index (κ2) is 10.2. The van der Waals surface area contributed by atoms with Crippen molar-refractivity contribution in [2.45, 2.75) is 50.4 Å². The molecule has 3 aromatic rings. The van der Waals surface area contributed by atoms with Crippen molar-refractivity contribution in [3.63, 3.8) is 0 Å². The molecule has 1 saturated carbocycles. The molecule has 1 aliphatic carbocycles. The van der Waals surface area contributed by atoms with Crippen molar-refractivity contribution in [2.75, 3.05) is 45.3 Å². The van der Waals surface area contributed by atoms with Gasteiger partial charge in [-0.25, -0.2) is 4.39 Å². The van der Waals surface area contributed by atoms with Crippen LogP contribution in [0, 0.1) is 0 Å². The number of hydrogen-bond acceptors (Lipinski definition) is 4. The fourth-order valence-electron chi connectivity index (χ4n) is 5.37. The summed E-state index contributed by atoms with van der Waals surface area (Å²) in [5.74, 6) is 0.790. The minimum Gasteiger partial charge on any atom is -0.496 e. The van der Waals surface area contributed by atoms with Gasteiger partial charge in [0.2, 0.25) is 0 Å². The van der Waals surface area contributed by atoms with Crippen molar-refractivity contribution in [3.8, 4) is 5.75 Å². The summed E-state index contributed by atoms with van der Waals surface area (Å²) in [6.45, 7) is 4.52. The first kappa shape index (κ1) is 24.1. The van der Waals surface area contributed by atoms with Crippen molar-refractivity contribution in [1.82, 2.24) is 15.2 Å². The Bertz CT molecular complexity index is 1160. The van der Waals surface area contributed by atoms with E-state index in [4.69, 9.17) is 4.74 Å². The van der Waals surface area contributed by atoms with E-state index in [1.165, 1.54) is 10.9 Å². The number of alkyl halides is 2. The number of halogens is 2. The fourth-order valence-corrected chi connectivity index (χ4v) is 5.37. The Morgan fingerprint density at radius 1 is 1.14 bits per heavy atom. The van der Waals surface area contributed by atoms with E-state index in [2.05, 4.69) is 63.8 Å². The molecular formula is C28H36F2N4O. The first-order valence-corrected chi connectivity index (χ1v) is 12.8. The molecule has 7 heteroatoms. The molecule has 5 rings (SSSR count). The van der Waals surface area contributed by atoms with Gasteiger partial charge in [-0.05, 0) is 56.8 Å². The Labute approximate surface area is 206 Å². The molecule has 0 amide bonds. The van der Waals surface area contributed by atoms with Gasteiger partial charge in [0.25, 0.3) is 0 Å². The lowest BCUT2D eigenvalue weighted by molar-refractivity contribution is 0.0957. The second-order valence-corrected chi connectivity index (χ2v) is 10.0. The van der Waals surface area contributed by atoms with Crippen LogP contribution in [0.1, 0.15) is 49.0 Å². The third-order valence-corrected chi connectivity index (χ3v) is 7.42. The third kappa shape index (κ3) is 5.02. The number of benzene rings is 2. The fraction of sp³-hybridized carbons (Fsp3) is 0.500. The molecule has 0 saturated heterocycles. The van der Waals surface area contributed by atoms with E-state index in [-0.39, 0.29) is 18.8 Å². The van der Waals surface area contributed by atoms with Gasteiger partial charge in [-0.1, -0.05) is 24.3 Å². The highest BCUT2D eigenvalue weighted by molar-refractivity contribution is 5.85. The molecule has 0 radical (unpaired) electrons. The van der Waals surface area contributed by atoms with Crippen LogP contribution in [0.15, 0.2) is 42.5 Å². The second-order valence-electron chi connectivity index (χ2n) is 10.0. The highest BCUT2D eigenvalue weighted by Gasteiger charge is 2.48. The van der Waals surface area contributed by atoms with Crippen LogP contribution >= 0.6 is 0 Å². The molecule has 35 heavy (non-hydrogen) atoms. The first-order chi connectivity index (χ1) is 17.0.